The van der Waals surface area contributed by atoms with E-state index in [1.807, 2.05) is 0 Å². The summed E-state index contributed by atoms with van der Waals surface area (Å²) in [6, 6.07) is 3.41. The number of aliphatic carboxylic acids is 1. The van der Waals surface area contributed by atoms with Crippen LogP contribution in [-0.4, -0.2) is 17.6 Å². The van der Waals surface area contributed by atoms with Crippen LogP contribution in [0.3, 0.4) is 0 Å². The molecule has 0 saturated carbocycles. The van der Waals surface area contributed by atoms with Crippen LogP contribution in [-0.2, 0) is 4.79 Å². The normalized spacial score (nSPS) is 12.5. The van der Waals surface area contributed by atoms with Crippen LogP contribution in [0.5, 0.6) is 0 Å². The maximum atomic E-state index is 13.6. The maximum Gasteiger partial charge on any atom is 0.304 e. The van der Waals surface area contributed by atoms with E-state index in [4.69, 9.17) is 10.8 Å². The monoisotopic (exact) mass is 225 g/mol. The number of hydrogen-bond acceptors (Lipinski definition) is 2. The van der Waals surface area contributed by atoms with E-state index in [1.165, 1.54) is 0 Å². The smallest absolute Gasteiger partial charge is 0.304 e. The second-order valence-corrected chi connectivity index (χ2v) is 3.94. The lowest BCUT2D eigenvalue weighted by Gasteiger charge is -2.16. The summed E-state index contributed by atoms with van der Waals surface area (Å²) in [6.45, 7) is 3.54. The van der Waals surface area contributed by atoms with Gasteiger partial charge in [0.25, 0.3) is 0 Å². The van der Waals surface area contributed by atoms with Crippen LogP contribution in [0.25, 0.3) is 0 Å². The zero-order valence-corrected chi connectivity index (χ0v) is 9.46. The molecular weight excluding hydrogens is 209 g/mol. The van der Waals surface area contributed by atoms with Crippen LogP contribution in [0.15, 0.2) is 12.1 Å². The Kier molecular flexibility index (Phi) is 4.01. The molecule has 0 spiro atoms. The summed E-state index contributed by atoms with van der Waals surface area (Å²) in [5, 5.41) is 8.74. The summed E-state index contributed by atoms with van der Waals surface area (Å²) in [6.07, 6.45) is -0.0696. The number of benzene rings is 1. The van der Waals surface area contributed by atoms with Crippen molar-refractivity contribution in [1.82, 2.24) is 0 Å². The van der Waals surface area contributed by atoms with E-state index in [0.717, 1.165) is 0 Å². The molecule has 0 amide bonds. The first-order valence-corrected chi connectivity index (χ1v) is 5.14. The van der Waals surface area contributed by atoms with Crippen molar-refractivity contribution in [2.45, 2.75) is 26.2 Å². The molecule has 0 heterocycles. The first-order chi connectivity index (χ1) is 7.47. The fourth-order valence-corrected chi connectivity index (χ4v) is 1.81. The molecule has 1 rings (SSSR count). The SMILES string of the molecule is Cc1ccc(C(CN)CC(=O)O)c(C)c1F. The second kappa shape index (κ2) is 5.07. The van der Waals surface area contributed by atoms with Crippen molar-refractivity contribution in [2.24, 2.45) is 5.73 Å². The summed E-state index contributed by atoms with van der Waals surface area (Å²) < 4.78 is 13.6. The number of carboxylic acid groups (broad SMARTS) is 1. The van der Waals surface area contributed by atoms with Gasteiger partial charge in [0.2, 0.25) is 0 Å². The third-order valence-corrected chi connectivity index (χ3v) is 2.77. The number of hydrogen-bond donors (Lipinski definition) is 2. The van der Waals surface area contributed by atoms with Crippen LogP contribution >= 0.6 is 0 Å². The molecule has 1 aromatic rings. The molecule has 0 bridgehead atoms. The zero-order chi connectivity index (χ0) is 12.3. The Balaban J connectivity index is 3.11. The van der Waals surface area contributed by atoms with Crippen LogP contribution < -0.4 is 5.73 Å². The van der Waals surface area contributed by atoms with Gasteiger partial charge >= 0.3 is 5.97 Å². The van der Waals surface area contributed by atoms with Crippen LogP contribution in [0, 0.1) is 19.7 Å². The predicted octanol–water partition coefficient (Wildman–Crippen LogP) is 1.96. The highest BCUT2D eigenvalue weighted by molar-refractivity contribution is 5.68. The Hall–Kier alpha value is -1.42. The summed E-state index contributed by atoms with van der Waals surface area (Å²) in [7, 11) is 0. The average Bonchev–Trinajstić information content (AvgIpc) is 2.23. The Bertz CT molecular complexity index is 404. The number of rotatable bonds is 4. The fraction of sp³-hybridized carbons (Fsp3) is 0.417. The van der Waals surface area contributed by atoms with Gasteiger partial charge in [-0.25, -0.2) is 4.39 Å². The lowest BCUT2D eigenvalue weighted by Crippen LogP contribution is -2.17. The van der Waals surface area contributed by atoms with E-state index in [0.29, 0.717) is 16.7 Å². The molecule has 1 aromatic carbocycles. The highest BCUT2D eigenvalue weighted by Crippen LogP contribution is 2.25. The molecule has 1 atom stereocenters. The van der Waals surface area contributed by atoms with Gasteiger partial charge in [0.05, 0.1) is 6.42 Å². The van der Waals surface area contributed by atoms with Crippen molar-refractivity contribution in [2.75, 3.05) is 6.54 Å². The Morgan fingerprint density at radius 3 is 2.62 bits per heavy atom. The third-order valence-electron chi connectivity index (χ3n) is 2.77. The first kappa shape index (κ1) is 12.6. The third kappa shape index (κ3) is 2.58. The molecule has 0 aliphatic heterocycles. The van der Waals surface area contributed by atoms with E-state index >= 15 is 0 Å². The molecule has 1 unspecified atom stereocenters. The molecule has 0 aliphatic rings. The summed E-state index contributed by atoms with van der Waals surface area (Å²) in [5.41, 5.74) is 7.27. The molecule has 0 aromatic heterocycles. The Labute approximate surface area is 94.1 Å². The van der Waals surface area contributed by atoms with Crippen LogP contribution in [0.2, 0.25) is 0 Å². The molecule has 88 valence electrons. The summed E-state index contributed by atoms with van der Waals surface area (Å²) in [4.78, 5) is 10.7. The average molecular weight is 225 g/mol. The molecule has 0 fully saturated rings. The van der Waals surface area contributed by atoms with Crippen molar-refractivity contribution in [3.05, 3.63) is 34.6 Å². The van der Waals surface area contributed by atoms with Crippen LogP contribution in [0.4, 0.5) is 4.39 Å². The van der Waals surface area contributed by atoms with Gasteiger partial charge in [-0.1, -0.05) is 12.1 Å². The first-order valence-electron chi connectivity index (χ1n) is 5.14. The van der Waals surface area contributed by atoms with E-state index in [2.05, 4.69) is 0 Å². The van der Waals surface area contributed by atoms with Crippen molar-refractivity contribution in [1.29, 1.82) is 0 Å². The number of halogens is 1. The van der Waals surface area contributed by atoms with Gasteiger partial charge in [-0.15, -0.1) is 0 Å². The number of carbonyl (C=O) groups is 1. The lowest BCUT2D eigenvalue weighted by atomic mass is 9.91. The molecule has 4 heteroatoms. The largest absolute Gasteiger partial charge is 0.481 e. The van der Waals surface area contributed by atoms with Gasteiger partial charge in [-0.2, -0.15) is 0 Å². The molecule has 0 radical (unpaired) electrons. The minimum absolute atomic E-state index is 0.0696. The van der Waals surface area contributed by atoms with Gasteiger partial charge in [0, 0.05) is 5.92 Å². The van der Waals surface area contributed by atoms with Gasteiger partial charge < -0.3 is 10.8 Å². The molecule has 3 N–H and O–H groups in total. The zero-order valence-electron chi connectivity index (χ0n) is 9.46. The van der Waals surface area contributed by atoms with Crippen molar-refractivity contribution in [3.63, 3.8) is 0 Å². The van der Waals surface area contributed by atoms with Crippen molar-refractivity contribution >= 4 is 5.97 Å². The molecule has 16 heavy (non-hydrogen) atoms. The second-order valence-electron chi connectivity index (χ2n) is 3.94. The molecule has 0 saturated heterocycles. The van der Waals surface area contributed by atoms with Crippen molar-refractivity contribution < 1.29 is 14.3 Å². The van der Waals surface area contributed by atoms with E-state index in [-0.39, 0.29) is 24.7 Å². The lowest BCUT2D eigenvalue weighted by molar-refractivity contribution is -0.137. The number of aryl methyl sites for hydroxylation is 1. The van der Waals surface area contributed by atoms with Gasteiger partial charge in [-0.3, -0.25) is 4.79 Å². The van der Waals surface area contributed by atoms with Crippen LogP contribution in [0.1, 0.15) is 29.0 Å². The molecule has 3 nitrogen and oxygen atoms in total. The number of nitrogens with two attached hydrogens (primary N) is 1. The highest BCUT2D eigenvalue weighted by Gasteiger charge is 2.18. The minimum atomic E-state index is -0.921. The van der Waals surface area contributed by atoms with E-state index in [1.54, 1.807) is 26.0 Å². The predicted molar refractivity (Wildman–Crippen MR) is 59.9 cm³/mol. The minimum Gasteiger partial charge on any atom is -0.481 e. The van der Waals surface area contributed by atoms with Gasteiger partial charge in [0.15, 0.2) is 0 Å². The summed E-state index contributed by atoms with van der Waals surface area (Å²) >= 11 is 0. The Morgan fingerprint density at radius 2 is 2.12 bits per heavy atom. The molecule has 0 aliphatic carbocycles. The highest BCUT2D eigenvalue weighted by atomic mass is 19.1. The Morgan fingerprint density at radius 1 is 1.50 bits per heavy atom. The van der Waals surface area contributed by atoms with Gasteiger partial charge in [-0.05, 0) is 37.1 Å². The van der Waals surface area contributed by atoms with Gasteiger partial charge in [0.1, 0.15) is 5.82 Å². The van der Waals surface area contributed by atoms with E-state index in [9.17, 15) is 9.18 Å². The maximum absolute atomic E-state index is 13.6. The summed E-state index contributed by atoms with van der Waals surface area (Å²) in [5.74, 6) is -1.52. The standard InChI is InChI=1S/C12H16FNO2/c1-7-3-4-10(8(2)12(7)13)9(6-14)5-11(15)16/h3-4,9H,5-6,14H2,1-2H3,(H,15,16). The van der Waals surface area contributed by atoms with E-state index < -0.39 is 5.97 Å². The molecular formula is C12H16FNO2. The van der Waals surface area contributed by atoms with Crippen molar-refractivity contribution in [3.8, 4) is 0 Å². The fourth-order valence-electron chi connectivity index (χ4n) is 1.81. The topological polar surface area (TPSA) is 63.3 Å². The number of carboxylic acids is 1. The quantitative estimate of drug-likeness (QED) is 0.823.